The summed E-state index contributed by atoms with van der Waals surface area (Å²) in [5, 5.41) is 5.39. The molecule has 1 unspecified atom stereocenters. The number of thiazole rings is 1. The molecule has 0 saturated carbocycles. The summed E-state index contributed by atoms with van der Waals surface area (Å²) in [4.78, 5) is 34.5. The Bertz CT molecular complexity index is 1390. The minimum absolute atomic E-state index is 0.0987. The van der Waals surface area contributed by atoms with E-state index in [0.717, 1.165) is 51.2 Å². The number of ether oxygens (including phenoxy) is 2. The van der Waals surface area contributed by atoms with Crippen LogP contribution in [0.3, 0.4) is 0 Å². The lowest BCUT2D eigenvalue weighted by Crippen LogP contribution is -2.43. The third kappa shape index (κ3) is 6.98. The summed E-state index contributed by atoms with van der Waals surface area (Å²) in [6, 6.07) is 8.59. The number of benzene rings is 1. The lowest BCUT2D eigenvalue weighted by Gasteiger charge is -2.36. The van der Waals surface area contributed by atoms with Crippen LogP contribution in [0.15, 0.2) is 45.1 Å². The first-order valence-corrected chi connectivity index (χ1v) is 15.5. The van der Waals surface area contributed by atoms with Crippen LogP contribution < -0.4 is 15.6 Å². The van der Waals surface area contributed by atoms with Gasteiger partial charge >= 0.3 is 6.09 Å². The number of carbonyl (C=O) groups is 1. The highest BCUT2D eigenvalue weighted by molar-refractivity contribution is 9.10. The predicted molar refractivity (Wildman–Crippen MR) is 162 cm³/mol. The van der Waals surface area contributed by atoms with Crippen LogP contribution in [0.1, 0.15) is 51.5 Å². The Morgan fingerprint density at radius 1 is 1.20 bits per heavy atom. The summed E-state index contributed by atoms with van der Waals surface area (Å²) < 4.78 is 13.6. The summed E-state index contributed by atoms with van der Waals surface area (Å²) in [6.07, 6.45) is 4.36. The first kappa shape index (κ1) is 28.9. The fourth-order valence-electron chi connectivity index (χ4n) is 5.55. The molecule has 0 aliphatic carbocycles. The second-order valence-corrected chi connectivity index (χ2v) is 13.6. The molecule has 1 N–H and O–H groups in total. The molecule has 5 rings (SSSR count). The van der Waals surface area contributed by atoms with Crippen LogP contribution >= 0.6 is 27.3 Å². The lowest BCUT2D eigenvalue weighted by atomic mass is 9.88. The van der Waals surface area contributed by atoms with Gasteiger partial charge in [0.2, 0.25) is 0 Å². The van der Waals surface area contributed by atoms with Crippen molar-refractivity contribution >= 4 is 44.1 Å². The van der Waals surface area contributed by atoms with Crippen molar-refractivity contribution in [3.05, 3.63) is 56.2 Å². The summed E-state index contributed by atoms with van der Waals surface area (Å²) in [6.45, 7) is 9.62. The van der Waals surface area contributed by atoms with Crippen LogP contribution in [-0.2, 0) is 4.74 Å². The molecule has 2 fully saturated rings. The molecule has 1 amide bonds. The largest absolute Gasteiger partial charge is 0.494 e. The molecule has 40 heavy (non-hydrogen) atoms. The Kier molecular flexibility index (Phi) is 8.72. The summed E-state index contributed by atoms with van der Waals surface area (Å²) in [7, 11) is 2.13. The summed E-state index contributed by atoms with van der Waals surface area (Å²) in [5.74, 6) is 2.25. The van der Waals surface area contributed by atoms with Crippen molar-refractivity contribution in [3.8, 4) is 5.75 Å². The van der Waals surface area contributed by atoms with Gasteiger partial charge in [0.15, 0.2) is 4.96 Å². The van der Waals surface area contributed by atoms with Crippen molar-refractivity contribution in [1.29, 1.82) is 0 Å². The lowest BCUT2D eigenvalue weighted by molar-refractivity contribution is 0.0286. The molecule has 2 aliphatic rings. The number of likely N-dealkylation sites (N-methyl/N-ethyl adjacent to an activating group) is 1. The fraction of sp³-hybridized carbons (Fsp3) is 0.552. The maximum absolute atomic E-state index is 12.7. The average molecular weight is 633 g/mol. The van der Waals surface area contributed by atoms with E-state index in [0.29, 0.717) is 33.7 Å². The monoisotopic (exact) mass is 631 g/mol. The molecular formula is C29H38BrN5O4S. The Labute approximate surface area is 247 Å². The number of carbonyl (C=O) groups excluding carboxylic acids is 1. The molecule has 2 saturated heterocycles. The number of piperidine rings is 1. The minimum Gasteiger partial charge on any atom is -0.494 e. The van der Waals surface area contributed by atoms with Gasteiger partial charge in [-0.05, 0) is 92.5 Å². The van der Waals surface area contributed by atoms with E-state index in [-0.39, 0.29) is 17.7 Å². The Morgan fingerprint density at radius 3 is 2.73 bits per heavy atom. The molecule has 3 aromatic rings. The maximum Gasteiger partial charge on any atom is 0.410 e. The van der Waals surface area contributed by atoms with E-state index in [1.54, 1.807) is 10.6 Å². The normalized spacial score (nSPS) is 22.0. The highest BCUT2D eigenvalue weighted by atomic mass is 79.9. The van der Waals surface area contributed by atoms with Crippen LogP contribution in [0.5, 0.6) is 5.75 Å². The minimum atomic E-state index is -0.469. The van der Waals surface area contributed by atoms with Crippen LogP contribution in [0, 0.1) is 5.92 Å². The maximum atomic E-state index is 12.7. The van der Waals surface area contributed by atoms with E-state index >= 15 is 0 Å². The van der Waals surface area contributed by atoms with Crippen LogP contribution in [-0.4, -0.2) is 76.8 Å². The van der Waals surface area contributed by atoms with Crippen LogP contribution in [0.2, 0.25) is 0 Å². The molecule has 1 aromatic carbocycles. The highest BCUT2D eigenvalue weighted by Gasteiger charge is 2.30. The molecule has 0 spiro atoms. The molecule has 3 atom stereocenters. The Balaban J connectivity index is 1.12. The van der Waals surface area contributed by atoms with Crippen LogP contribution in [0.4, 0.5) is 10.6 Å². The standard InChI is InChI=1S/C29H38BrN5O4S/c1-29(2,3)39-28(37)34-11-9-19(16-34)10-13-38-23-7-5-20(6-8-23)21-15-22(18-33(4)17-21)31-25-24(30)26(36)35-12-14-40-27(35)32-25/h5-8,12,14,19,21-22,31H,9-11,13,15-18H2,1-4H3/t19?,21-,22+/m0/s1. The third-order valence-corrected chi connectivity index (χ3v) is 8.94. The SMILES string of the molecule is CN1C[C@H](Nc2nc3sccn3c(=O)c2Br)C[C@H](c2ccc(OCCC3CCN(C(=O)OC(C)(C)C)C3)cc2)C1. The third-order valence-electron chi connectivity index (χ3n) is 7.47. The first-order valence-electron chi connectivity index (χ1n) is 13.9. The highest BCUT2D eigenvalue weighted by Crippen LogP contribution is 2.31. The smallest absolute Gasteiger partial charge is 0.410 e. The number of amides is 1. The van der Waals surface area contributed by atoms with Gasteiger partial charge in [0, 0.05) is 43.8 Å². The van der Waals surface area contributed by atoms with Crippen molar-refractivity contribution in [1.82, 2.24) is 19.2 Å². The van der Waals surface area contributed by atoms with Gasteiger partial charge in [-0.25, -0.2) is 9.78 Å². The summed E-state index contributed by atoms with van der Waals surface area (Å²) >= 11 is 4.90. The van der Waals surface area contributed by atoms with Gasteiger partial charge in [-0.15, -0.1) is 11.3 Å². The van der Waals surface area contributed by atoms with Gasteiger partial charge in [0.1, 0.15) is 21.6 Å². The Hall–Kier alpha value is -2.63. The zero-order chi connectivity index (χ0) is 28.4. The van der Waals surface area contributed by atoms with Gasteiger partial charge < -0.3 is 24.6 Å². The Morgan fingerprint density at radius 2 is 1.98 bits per heavy atom. The van der Waals surface area contributed by atoms with Gasteiger partial charge in [-0.1, -0.05) is 12.1 Å². The number of rotatable bonds is 7. The topological polar surface area (TPSA) is 88.4 Å². The number of nitrogens with one attached hydrogen (secondary N) is 1. The number of nitrogens with zero attached hydrogens (tertiary/aromatic N) is 4. The van der Waals surface area contributed by atoms with Gasteiger partial charge in [0.05, 0.1) is 6.61 Å². The van der Waals surface area contributed by atoms with E-state index in [4.69, 9.17) is 9.47 Å². The number of hydrogen-bond donors (Lipinski definition) is 1. The van der Waals surface area contributed by atoms with E-state index < -0.39 is 5.60 Å². The number of aromatic nitrogens is 2. The van der Waals surface area contributed by atoms with Crippen molar-refractivity contribution in [3.63, 3.8) is 0 Å². The zero-order valence-electron chi connectivity index (χ0n) is 23.6. The van der Waals surface area contributed by atoms with Crippen molar-refractivity contribution in [2.75, 3.05) is 45.2 Å². The van der Waals surface area contributed by atoms with E-state index in [2.05, 4.69) is 62.4 Å². The zero-order valence-corrected chi connectivity index (χ0v) is 26.0. The van der Waals surface area contributed by atoms with Crippen molar-refractivity contribution in [2.24, 2.45) is 5.92 Å². The number of halogens is 1. The molecule has 0 radical (unpaired) electrons. The second-order valence-electron chi connectivity index (χ2n) is 11.9. The first-order chi connectivity index (χ1) is 19.1. The summed E-state index contributed by atoms with van der Waals surface area (Å²) in [5.41, 5.74) is 0.706. The molecule has 9 nitrogen and oxygen atoms in total. The number of anilines is 1. The van der Waals surface area contributed by atoms with Gasteiger partial charge in [-0.2, -0.15) is 0 Å². The average Bonchev–Trinajstić information content (AvgIpc) is 3.56. The van der Waals surface area contributed by atoms with E-state index in [1.807, 2.05) is 31.1 Å². The van der Waals surface area contributed by atoms with Crippen LogP contribution in [0.25, 0.3) is 4.96 Å². The number of hydrogen-bond acceptors (Lipinski definition) is 8. The van der Waals surface area contributed by atoms with Crippen molar-refractivity contribution in [2.45, 2.75) is 57.6 Å². The molecule has 0 bridgehead atoms. The number of likely N-dealkylation sites (tertiary alicyclic amines) is 2. The number of fused-ring (bicyclic) bond motifs is 1. The van der Waals surface area contributed by atoms with Gasteiger partial charge in [-0.3, -0.25) is 9.20 Å². The van der Waals surface area contributed by atoms with Crippen molar-refractivity contribution < 1.29 is 14.3 Å². The molecule has 216 valence electrons. The molecule has 2 aromatic heterocycles. The molecule has 4 heterocycles. The molecular weight excluding hydrogens is 594 g/mol. The molecule has 2 aliphatic heterocycles. The quantitative estimate of drug-likeness (QED) is 0.371. The fourth-order valence-corrected chi connectivity index (χ4v) is 6.65. The van der Waals surface area contributed by atoms with E-state index in [9.17, 15) is 9.59 Å². The second kappa shape index (κ2) is 12.1. The molecule has 11 heteroatoms. The predicted octanol–water partition coefficient (Wildman–Crippen LogP) is 5.44. The van der Waals surface area contributed by atoms with E-state index in [1.165, 1.54) is 16.9 Å². The van der Waals surface area contributed by atoms with Gasteiger partial charge in [0.25, 0.3) is 5.56 Å².